The summed E-state index contributed by atoms with van der Waals surface area (Å²) in [5.74, 6) is -0.448. The summed E-state index contributed by atoms with van der Waals surface area (Å²) in [4.78, 5) is 33.2. The number of likely N-dealkylation sites (tertiary alicyclic amines) is 1. The maximum absolute atomic E-state index is 11.0. The number of carbonyl (C=O) groups excluding carboxylic acids is 3. The maximum atomic E-state index is 11.0. The highest BCUT2D eigenvalue weighted by Crippen LogP contribution is 2.10. The molecule has 72 valence electrons. The van der Waals surface area contributed by atoms with E-state index in [2.05, 4.69) is 4.74 Å². The van der Waals surface area contributed by atoms with E-state index in [4.69, 9.17) is 5.73 Å². The minimum Gasteiger partial charge on any atom is -0.448 e. The number of amides is 3. The van der Waals surface area contributed by atoms with Crippen LogP contribution in [0.15, 0.2) is 0 Å². The van der Waals surface area contributed by atoms with Crippen LogP contribution in [0.4, 0.5) is 4.79 Å². The summed E-state index contributed by atoms with van der Waals surface area (Å²) in [5, 5.41) is 0. The van der Waals surface area contributed by atoms with Crippen LogP contribution in [-0.4, -0.2) is 36.0 Å². The van der Waals surface area contributed by atoms with Crippen molar-refractivity contribution < 1.29 is 19.1 Å². The van der Waals surface area contributed by atoms with E-state index in [1.807, 2.05) is 0 Å². The molecule has 0 atom stereocenters. The van der Waals surface area contributed by atoms with Gasteiger partial charge in [0.15, 0.2) is 0 Å². The van der Waals surface area contributed by atoms with Gasteiger partial charge in [0.25, 0.3) is 0 Å². The van der Waals surface area contributed by atoms with Gasteiger partial charge in [-0.25, -0.2) is 4.79 Å². The first-order valence-electron chi connectivity index (χ1n) is 3.86. The lowest BCUT2D eigenvalue weighted by Gasteiger charge is -2.12. The molecule has 0 bridgehead atoms. The molecule has 0 aliphatic carbocycles. The lowest BCUT2D eigenvalue weighted by Crippen LogP contribution is -2.33. The molecule has 1 aliphatic heterocycles. The van der Waals surface area contributed by atoms with Crippen LogP contribution in [0.3, 0.4) is 0 Å². The Morgan fingerprint density at radius 2 is 1.92 bits per heavy atom. The molecule has 1 rings (SSSR count). The lowest BCUT2D eigenvalue weighted by atomic mass is 10.4. The monoisotopic (exact) mass is 186 g/mol. The van der Waals surface area contributed by atoms with E-state index >= 15 is 0 Å². The number of ether oxygens (including phenoxy) is 1. The second kappa shape index (κ2) is 3.88. The maximum Gasteiger partial charge on any atom is 0.404 e. The average Bonchev–Trinajstić information content (AvgIpc) is 2.34. The molecule has 1 aliphatic rings. The third-order valence-electron chi connectivity index (χ3n) is 1.71. The molecule has 0 spiro atoms. The lowest BCUT2D eigenvalue weighted by molar-refractivity contribution is -0.138. The van der Waals surface area contributed by atoms with Crippen molar-refractivity contribution in [3.8, 4) is 0 Å². The summed E-state index contributed by atoms with van der Waals surface area (Å²) in [7, 11) is 0. The number of primary amides is 1. The van der Waals surface area contributed by atoms with Crippen molar-refractivity contribution in [1.29, 1.82) is 0 Å². The smallest absolute Gasteiger partial charge is 0.404 e. The van der Waals surface area contributed by atoms with E-state index in [1.165, 1.54) is 0 Å². The van der Waals surface area contributed by atoms with Crippen LogP contribution >= 0.6 is 0 Å². The molecule has 13 heavy (non-hydrogen) atoms. The molecule has 0 aromatic carbocycles. The standard InChI is InChI=1S/C7H10N2O4/c8-7(12)13-4-3-9-5(10)1-2-6(9)11/h1-4H2,(H2,8,12). The van der Waals surface area contributed by atoms with E-state index in [9.17, 15) is 14.4 Å². The summed E-state index contributed by atoms with van der Waals surface area (Å²) in [5.41, 5.74) is 4.70. The van der Waals surface area contributed by atoms with E-state index in [0.29, 0.717) is 0 Å². The highest BCUT2D eigenvalue weighted by Gasteiger charge is 2.28. The molecule has 3 amide bonds. The molecular formula is C7H10N2O4. The number of imide groups is 1. The Bertz CT molecular complexity index is 235. The first-order chi connectivity index (χ1) is 6.11. The van der Waals surface area contributed by atoms with Crippen molar-refractivity contribution in [2.75, 3.05) is 13.2 Å². The molecule has 6 heteroatoms. The number of nitrogens with two attached hydrogens (primary N) is 1. The van der Waals surface area contributed by atoms with E-state index in [0.717, 1.165) is 4.90 Å². The van der Waals surface area contributed by atoms with Crippen molar-refractivity contribution in [3.63, 3.8) is 0 Å². The summed E-state index contributed by atoms with van der Waals surface area (Å²) < 4.78 is 4.39. The van der Waals surface area contributed by atoms with Gasteiger partial charge >= 0.3 is 6.09 Å². The zero-order valence-electron chi connectivity index (χ0n) is 6.99. The van der Waals surface area contributed by atoms with E-state index in [1.54, 1.807) is 0 Å². The van der Waals surface area contributed by atoms with E-state index in [-0.39, 0.29) is 37.8 Å². The fraction of sp³-hybridized carbons (Fsp3) is 0.571. The molecule has 2 N–H and O–H groups in total. The van der Waals surface area contributed by atoms with Gasteiger partial charge in [0.1, 0.15) is 6.61 Å². The van der Waals surface area contributed by atoms with Gasteiger partial charge in [-0.3, -0.25) is 14.5 Å². The highest BCUT2D eigenvalue weighted by molar-refractivity contribution is 6.01. The molecule has 1 saturated heterocycles. The normalized spacial score (nSPS) is 16.5. The SMILES string of the molecule is NC(=O)OCCN1C(=O)CCC1=O. The first kappa shape index (κ1) is 9.50. The Morgan fingerprint density at radius 1 is 1.38 bits per heavy atom. The second-order valence-corrected chi connectivity index (χ2v) is 2.61. The average molecular weight is 186 g/mol. The molecule has 0 saturated carbocycles. The molecule has 0 aromatic heterocycles. The predicted molar refractivity (Wildman–Crippen MR) is 41.5 cm³/mol. The number of hydrogen-bond donors (Lipinski definition) is 1. The summed E-state index contributed by atoms with van der Waals surface area (Å²) in [6.07, 6.45) is -0.413. The van der Waals surface area contributed by atoms with Gasteiger partial charge in [0.2, 0.25) is 11.8 Å². The first-order valence-corrected chi connectivity index (χ1v) is 3.86. The Balaban J connectivity index is 2.31. The molecule has 0 radical (unpaired) electrons. The summed E-state index contributed by atoms with van der Waals surface area (Å²) in [6, 6.07) is 0. The van der Waals surface area contributed by atoms with Gasteiger partial charge in [0.05, 0.1) is 6.54 Å². The third kappa shape index (κ3) is 2.43. The number of nitrogens with zero attached hydrogens (tertiary/aromatic N) is 1. The third-order valence-corrected chi connectivity index (χ3v) is 1.71. The Morgan fingerprint density at radius 3 is 2.38 bits per heavy atom. The van der Waals surface area contributed by atoms with Gasteiger partial charge in [-0.05, 0) is 0 Å². The topological polar surface area (TPSA) is 89.7 Å². The molecule has 6 nitrogen and oxygen atoms in total. The molecule has 1 fully saturated rings. The second-order valence-electron chi connectivity index (χ2n) is 2.61. The largest absolute Gasteiger partial charge is 0.448 e. The fourth-order valence-electron chi connectivity index (χ4n) is 1.11. The van der Waals surface area contributed by atoms with Crippen LogP contribution in [0.1, 0.15) is 12.8 Å². The van der Waals surface area contributed by atoms with Crippen LogP contribution in [0.25, 0.3) is 0 Å². The van der Waals surface area contributed by atoms with Crippen LogP contribution in [0.5, 0.6) is 0 Å². The van der Waals surface area contributed by atoms with Gasteiger partial charge in [0, 0.05) is 12.8 Å². The van der Waals surface area contributed by atoms with Crippen molar-refractivity contribution in [1.82, 2.24) is 4.90 Å². The molecule has 0 unspecified atom stereocenters. The zero-order chi connectivity index (χ0) is 9.84. The molecular weight excluding hydrogens is 176 g/mol. The fourth-order valence-corrected chi connectivity index (χ4v) is 1.11. The van der Waals surface area contributed by atoms with Crippen LogP contribution in [0, 0.1) is 0 Å². The van der Waals surface area contributed by atoms with Crippen molar-refractivity contribution >= 4 is 17.9 Å². The van der Waals surface area contributed by atoms with Crippen molar-refractivity contribution in [2.45, 2.75) is 12.8 Å². The van der Waals surface area contributed by atoms with Gasteiger partial charge in [-0.1, -0.05) is 0 Å². The highest BCUT2D eigenvalue weighted by atomic mass is 16.5. The quantitative estimate of drug-likeness (QED) is 0.586. The predicted octanol–water partition coefficient (Wildman–Crippen LogP) is -0.769. The Kier molecular flexibility index (Phi) is 2.84. The van der Waals surface area contributed by atoms with Gasteiger partial charge in [-0.15, -0.1) is 0 Å². The van der Waals surface area contributed by atoms with Crippen LogP contribution < -0.4 is 5.73 Å². The number of carbonyl (C=O) groups is 3. The Labute approximate surface area is 74.6 Å². The van der Waals surface area contributed by atoms with Crippen LogP contribution in [0.2, 0.25) is 0 Å². The van der Waals surface area contributed by atoms with Gasteiger partial charge < -0.3 is 10.5 Å². The van der Waals surface area contributed by atoms with Crippen LogP contribution in [-0.2, 0) is 14.3 Å². The summed E-state index contributed by atoms with van der Waals surface area (Å²) >= 11 is 0. The summed E-state index contributed by atoms with van der Waals surface area (Å²) in [6.45, 7) is 0.0629. The molecule has 1 heterocycles. The minimum absolute atomic E-state index is 0.0349. The van der Waals surface area contributed by atoms with E-state index < -0.39 is 6.09 Å². The van der Waals surface area contributed by atoms with Crippen molar-refractivity contribution in [2.24, 2.45) is 5.73 Å². The number of rotatable bonds is 3. The minimum atomic E-state index is -0.904. The molecule has 0 aromatic rings. The van der Waals surface area contributed by atoms with Gasteiger partial charge in [-0.2, -0.15) is 0 Å². The Hall–Kier alpha value is -1.59. The van der Waals surface area contributed by atoms with Crippen molar-refractivity contribution in [3.05, 3.63) is 0 Å². The number of hydrogen-bond acceptors (Lipinski definition) is 4. The zero-order valence-corrected chi connectivity index (χ0v) is 6.99.